The van der Waals surface area contributed by atoms with Gasteiger partial charge in [-0.25, -0.2) is 0 Å². The summed E-state index contributed by atoms with van der Waals surface area (Å²) in [6.07, 6.45) is 3.93. The van der Waals surface area contributed by atoms with E-state index in [0.717, 1.165) is 18.9 Å². The lowest BCUT2D eigenvalue weighted by molar-refractivity contribution is -0.0267. The highest BCUT2D eigenvalue weighted by Crippen LogP contribution is 2.42. The van der Waals surface area contributed by atoms with Crippen molar-refractivity contribution >= 4 is 38.9 Å². The Bertz CT molecular complexity index is 373. The molecule has 1 aromatic rings. The van der Waals surface area contributed by atoms with Gasteiger partial charge in [0.15, 0.2) is 0 Å². The summed E-state index contributed by atoms with van der Waals surface area (Å²) in [7, 11) is 0. The molecule has 0 spiro atoms. The predicted molar refractivity (Wildman–Crippen MR) is 78.1 cm³/mol. The van der Waals surface area contributed by atoms with Crippen molar-refractivity contribution in [3.63, 3.8) is 0 Å². The summed E-state index contributed by atoms with van der Waals surface area (Å²) >= 11 is 11.8. The highest BCUT2D eigenvalue weighted by Gasteiger charge is 2.31. The number of hydrogen-bond donors (Lipinski definition) is 0. The van der Waals surface area contributed by atoms with Crippen LogP contribution in [0.1, 0.15) is 42.0 Å². The van der Waals surface area contributed by atoms with Crippen molar-refractivity contribution < 1.29 is 4.74 Å². The molecular formula is C13H18BrClOS. The second kappa shape index (κ2) is 6.05. The molecule has 1 saturated carbocycles. The van der Waals surface area contributed by atoms with E-state index >= 15 is 0 Å². The summed E-state index contributed by atoms with van der Waals surface area (Å²) in [5.41, 5.74) is 1.29. The first-order valence-electron chi connectivity index (χ1n) is 6.11. The van der Waals surface area contributed by atoms with Crippen LogP contribution in [0.5, 0.6) is 0 Å². The third-order valence-electron chi connectivity index (χ3n) is 3.40. The Labute approximate surface area is 121 Å². The second-order valence-electron chi connectivity index (χ2n) is 4.68. The first kappa shape index (κ1) is 13.9. The van der Waals surface area contributed by atoms with Crippen LogP contribution in [0.3, 0.4) is 0 Å². The third-order valence-corrected chi connectivity index (χ3v) is 5.38. The fraction of sp³-hybridized carbons (Fsp3) is 0.692. The van der Waals surface area contributed by atoms with Gasteiger partial charge >= 0.3 is 0 Å². The van der Waals surface area contributed by atoms with Crippen molar-refractivity contribution in [2.45, 2.75) is 44.6 Å². The Morgan fingerprint density at radius 2 is 2.29 bits per heavy atom. The Hall–Kier alpha value is 0.430. The van der Waals surface area contributed by atoms with Crippen LogP contribution in [-0.4, -0.2) is 12.7 Å². The zero-order valence-corrected chi connectivity index (χ0v) is 13.4. The molecule has 1 heterocycles. The van der Waals surface area contributed by atoms with Crippen LogP contribution >= 0.6 is 38.9 Å². The van der Waals surface area contributed by atoms with E-state index in [1.165, 1.54) is 27.1 Å². The van der Waals surface area contributed by atoms with Crippen LogP contribution in [0.25, 0.3) is 0 Å². The van der Waals surface area contributed by atoms with Gasteiger partial charge in [-0.1, -0.05) is 0 Å². The van der Waals surface area contributed by atoms with Gasteiger partial charge in [0.1, 0.15) is 0 Å². The van der Waals surface area contributed by atoms with Gasteiger partial charge in [-0.3, -0.25) is 0 Å². The number of alkyl halides is 1. The molecule has 1 aromatic heterocycles. The molecule has 1 fully saturated rings. The quantitative estimate of drug-likeness (QED) is 0.662. The molecule has 1 aliphatic carbocycles. The van der Waals surface area contributed by atoms with E-state index in [1.54, 1.807) is 11.3 Å². The van der Waals surface area contributed by atoms with E-state index < -0.39 is 0 Å². The van der Waals surface area contributed by atoms with Gasteiger partial charge in [0.25, 0.3) is 0 Å². The number of aryl methyl sites for hydroxylation is 1. The fourth-order valence-electron chi connectivity index (χ4n) is 2.43. The first-order valence-corrected chi connectivity index (χ1v) is 8.16. The van der Waals surface area contributed by atoms with Gasteiger partial charge < -0.3 is 4.74 Å². The maximum absolute atomic E-state index is 6.50. The molecule has 0 radical (unpaired) electrons. The molecule has 96 valence electrons. The average Bonchev–Trinajstić information content (AvgIpc) is 2.54. The second-order valence-corrected chi connectivity index (χ2v) is 7.84. The molecule has 0 aliphatic heterocycles. The van der Waals surface area contributed by atoms with Gasteiger partial charge in [-0.05, 0) is 66.6 Å². The van der Waals surface area contributed by atoms with E-state index in [2.05, 4.69) is 35.8 Å². The molecule has 2 rings (SSSR count). The maximum Gasteiger partial charge on any atom is 0.0704 e. The maximum atomic E-state index is 6.50. The summed E-state index contributed by atoms with van der Waals surface area (Å²) in [6, 6.07) is 2.16. The van der Waals surface area contributed by atoms with Crippen LogP contribution < -0.4 is 0 Å². The Morgan fingerprint density at radius 3 is 2.82 bits per heavy atom. The molecule has 0 amide bonds. The minimum absolute atomic E-state index is 0.158. The van der Waals surface area contributed by atoms with Gasteiger partial charge in [0.2, 0.25) is 0 Å². The zero-order valence-electron chi connectivity index (χ0n) is 10.2. The van der Waals surface area contributed by atoms with Gasteiger partial charge in [-0.2, -0.15) is 0 Å². The van der Waals surface area contributed by atoms with E-state index in [9.17, 15) is 0 Å². The summed E-state index contributed by atoms with van der Waals surface area (Å²) < 4.78 is 6.75. The lowest BCUT2D eigenvalue weighted by atomic mass is 9.78. The SMILES string of the molecule is CCOC1CC(CC(Cl)c2cc(Br)sc2C)C1. The lowest BCUT2D eigenvalue weighted by Crippen LogP contribution is -2.31. The van der Waals surface area contributed by atoms with Crippen molar-refractivity contribution in [1.82, 2.24) is 0 Å². The lowest BCUT2D eigenvalue weighted by Gasteiger charge is -2.36. The van der Waals surface area contributed by atoms with Crippen LogP contribution in [0.15, 0.2) is 9.85 Å². The van der Waals surface area contributed by atoms with Gasteiger partial charge in [-0.15, -0.1) is 22.9 Å². The molecule has 17 heavy (non-hydrogen) atoms. The van der Waals surface area contributed by atoms with Crippen molar-refractivity contribution in [3.8, 4) is 0 Å². The predicted octanol–water partition coefficient (Wildman–Crippen LogP) is 5.30. The largest absolute Gasteiger partial charge is 0.378 e. The van der Waals surface area contributed by atoms with E-state index in [-0.39, 0.29) is 5.38 Å². The standard InChI is InChI=1S/C13H18BrClOS/c1-3-16-10-4-9(5-10)6-12(15)11-7-13(14)17-8(11)2/h7,9-10,12H,3-6H2,1-2H3. The monoisotopic (exact) mass is 336 g/mol. The van der Waals surface area contributed by atoms with E-state index in [0.29, 0.717) is 6.10 Å². The zero-order chi connectivity index (χ0) is 12.4. The molecule has 0 aromatic carbocycles. The van der Waals surface area contributed by atoms with E-state index in [4.69, 9.17) is 16.3 Å². The Kier molecular flexibility index (Phi) is 4.93. The first-order chi connectivity index (χ1) is 8.10. The Balaban J connectivity index is 1.82. The highest BCUT2D eigenvalue weighted by molar-refractivity contribution is 9.11. The van der Waals surface area contributed by atoms with Gasteiger partial charge in [0.05, 0.1) is 15.3 Å². The molecule has 0 saturated heterocycles. The molecule has 4 heteroatoms. The van der Waals surface area contributed by atoms with Crippen molar-refractivity contribution in [1.29, 1.82) is 0 Å². The van der Waals surface area contributed by atoms with Crippen molar-refractivity contribution in [2.75, 3.05) is 6.61 Å². The van der Waals surface area contributed by atoms with Crippen molar-refractivity contribution in [2.24, 2.45) is 5.92 Å². The minimum atomic E-state index is 0.158. The van der Waals surface area contributed by atoms with Gasteiger partial charge in [0, 0.05) is 11.5 Å². The number of halogens is 2. The summed E-state index contributed by atoms with van der Waals surface area (Å²) in [5, 5.41) is 0.158. The smallest absolute Gasteiger partial charge is 0.0704 e. The highest BCUT2D eigenvalue weighted by atomic mass is 79.9. The van der Waals surface area contributed by atoms with E-state index in [1.807, 2.05) is 0 Å². The Morgan fingerprint density at radius 1 is 1.59 bits per heavy atom. The number of ether oxygens (including phenoxy) is 1. The van der Waals surface area contributed by atoms with Crippen molar-refractivity contribution in [3.05, 3.63) is 20.3 Å². The minimum Gasteiger partial charge on any atom is -0.378 e. The fourth-order valence-corrected chi connectivity index (χ4v) is 4.74. The molecule has 1 atom stereocenters. The average molecular weight is 338 g/mol. The number of hydrogen-bond acceptors (Lipinski definition) is 2. The topological polar surface area (TPSA) is 9.23 Å². The number of rotatable bonds is 5. The number of thiophene rings is 1. The molecule has 1 aliphatic rings. The molecular weight excluding hydrogens is 320 g/mol. The van der Waals surface area contributed by atoms with Crippen LogP contribution in [0, 0.1) is 12.8 Å². The summed E-state index contributed by atoms with van der Waals surface area (Å²) in [5.74, 6) is 0.743. The van der Waals surface area contributed by atoms with Crippen LogP contribution in [0.2, 0.25) is 0 Å². The summed E-state index contributed by atoms with van der Waals surface area (Å²) in [6.45, 7) is 5.03. The molecule has 1 nitrogen and oxygen atoms in total. The van der Waals surface area contributed by atoms with Crippen LogP contribution in [-0.2, 0) is 4.74 Å². The molecule has 0 N–H and O–H groups in total. The molecule has 0 bridgehead atoms. The van der Waals surface area contributed by atoms with Crippen LogP contribution in [0.4, 0.5) is 0 Å². The normalized spacial score (nSPS) is 25.6. The molecule has 1 unspecified atom stereocenters. The third kappa shape index (κ3) is 3.46. The summed E-state index contributed by atoms with van der Waals surface area (Å²) in [4.78, 5) is 1.33.